The molecule has 2 saturated heterocycles. The van der Waals surface area contributed by atoms with Crippen LogP contribution in [0.4, 0.5) is 25.0 Å². The van der Waals surface area contributed by atoms with E-state index in [0.29, 0.717) is 40.3 Å². The van der Waals surface area contributed by atoms with Gasteiger partial charge in [-0.25, -0.2) is 28.3 Å². The highest BCUT2D eigenvalue weighted by atomic mass is 35.5. The number of carbonyl (C=O) groups excluding carboxylic acids is 2. The quantitative estimate of drug-likeness (QED) is 0.151. The van der Waals surface area contributed by atoms with Gasteiger partial charge in [0.2, 0.25) is 5.43 Å². The lowest BCUT2D eigenvalue weighted by molar-refractivity contribution is 0.0470. The first-order chi connectivity index (χ1) is 25.5. The molecule has 1 N–H and O–H groups in total. The standard InChI is InChI=1S/C38H34ClF2N7O5/c1-45-15-21-9-10-48(28(21)17-45)33-24(14-42-35-30(33)29-31(41)26(40)12-27(32(29)44-35)47(3)38(51)53-19-39)22-11-23-34(49)25(16-46(2)36(23)43-13-22)37(50)52-18-20-7-5-4-6-8-20/h4-8,11-14,16,21,28H,9-10,15,17-19H2,1-3H3,(H,42,44)/t21-,28+/m0/s1. The van der Waals surface area contributed by atoms with E-state index in [9.17, 15) is 14.4 Å². The molecule has 15 heteroatoms. The number of pyridine rings is 3. The van der Waals surface area contributed by atoms with Gasteiger partial charge in [0.15, 0.2) is 17.7 Å². The first-order valence-electron chi connectivity index (χ1n) is 17.0. The van der Waals surface area contributed by atoms with Crippen LogP contribution in [-0.4, -0.2) is 82.3 Å². The first kappa shape index (κ1) is 34.5. The molecule has 2 aliphatic heterocycles. The molecule has 2 aliphatic rings. The van der Waals surface area contributed by atoms with Crippen molar-refractivity contribution in [1.82, 2.24) is 24.4 Å². The average molecular weight is 742 g/mol. The van der Waals surface area contributed by atoms with Crippen molar-refractivity contribution in [3.63, 3.8) is 0 Å². The summed E-state index contributed by atoms with van der Waals surface area (Å²) in [6.07, 6.45) is 4.64. The Labute approximate surface area is 306 Å². The summed E-state index contributed by atoms with van der Waals surface area (Å²) < 4.78 is 43.7. The molecule has 0 aliphatic carbocycles. The molecule has 53 heavy (non-hydrogen) atoms. The van der Waals surface area contributed by atoms with E-state index in [1.54, 1.807) is 30.1 Å². The number of likely N-dealkylation sites (N-methyl/N-ethyl adjacent to an activating group) is 1. The zero-order chi connectivity index (χ0) is 37.1. The van der Waals surface area contributed by atoms with Crippen LogP contribution in [0, 0.1) is 17.6 Å². The topological polar surface area (TPSA) is 126 Å². The molecule has 2 atom stereocenters. The van der Waals surface area contributed by atoms with Gasteiger partial charge in [0, 0.05) is 75.6 Å². The SMILES string of the molecule is CN1C[C@@H]2CCN(c3c(-c4cnc5c(c4)c(=O)c(C(=O)OCc4ccccc4)cn5C)cnc4[nH]c5c(N(C)C(=O)OCCl)cc(F)c(F)c5c34)[C@@H]2C1. The van der Waals surface area contributed by atoms with Crippen molar-refractivity contribution >= 4 is 68.0 Å². The third kappa shape index (κ3) is 5.82. The predicted molar refractivity (Wildman–Crippen MR) is 197 cm³/mol. The molecule has 1 amide bonds. The van der Waals surface area contributed by atoms with Crippen LogP contribution in [0.3, 0.4) is 0 Å². The molecule has 6 aromatic rings. The maximum absolute atomic E-state index is 16.2. The van der Waals surface area contributed by atoms with Gasteiger partial charge in [-0.3, -0.25) is 9.69 Å². The number of hydrogen-bond acceptors (Lipinski definition) is 9. The first-order valence-corrected chi connectivity index (χ1v) is 17.5. The lowest BCUT2D eigenvalue weighted by Crippen LogP contribution is -2.35. The summed E-state index contributed by atoms with van der Waals surface area (Å²) in [5.41, 5.74) is 2.44. The van der Waals surface area contributed by atoms with Gasteiger partial charge in [-0.1, -0.05) is 41.9 Å². The molecule has 0 radical (unpaired) electrons. The van der Waals surface area contributed by atoms with Crippen molar-refractivity contribution in [1.29, 1.82) is 0 Å². The van der Waals surface area contributed by atoms with Gasteiger partial charge in [0.25, 0.3) is 0 Å². The number of nitrogens with one attached hydrogen (secondary N) is 1. The van der Waals surface area contributed by atoms with Crippen molar-refractivity contribution in [2.75, 3.05) is 49.6 Å². The maximum atomic E-state index is 16.2. The van der Waals surface area contributed by atoms with Gasteiger partial charge in [-0.05, 0) is 31.0 Å². The minimum Gasteiger partial charge on any atom is -0.457 e. The Morgan fingerprint density at radius 2 is 1.85 bits per heavy atom. The Hall–Kier alpha value is -5.60. The van der Waals surface area contributed by atoms with Crippen molar-refractivity contribution in [2.24, 2.45) is 13.0 Å². The molecule has 272 valence electrons. The largest absolute Gasteiger partial charge is 0.457 e. The van der Waals surface area contributed by atoms with E-state index in [4.69, 9.17) is 21.1 Å². The summed E-state index contributed by atoms with van der Waals surface area (Å²) in [5.74, 6) is -2.72. The van der Waals surface area contributed by atoms with Crippen LogP contribution in [0.5, 0.6) is 0 Å². The number of halogens is 3. The molecular weight excluding hydrogens is 708 g/mol. The molecule has 0 unspecified atom stereocenters. The normalized spacial score (nSPS) is 17.2. The van der Waals surface area contributed by atoms with Crippen LogP contribution in [0.1, 0.15) is 22.3 Å². The summed E-state index contributed by atoms with van der Waals surface area (Å²) in [7, 11) is 5.11. The summed E-state index contributed by atoms with van der Waals surface area (Å²) in [5, 5.41) is 0.395. The Morgan fingerprint density at radius 1 is 1.06 bits per heavy atom. The van der Waals surface area contributed by atoms with Crippen LogP contribution < -0.4 is 15.2 Å². The minimum absolute atomic E-state index is 0.00540. The van der Waals surface area contributed by atoms with E-state index in [0.717, 1.165) is 36.0 Å². The van der Waals surface area contributed by atoms with E-state index in [-0.39, 0.29) is 45.8 Å². The Balaban J connectivity index is 1.33. The number of aryl methyl sites for hydroxylation is 1. The fraction of sp³-hybridized carbons (Fsp3) is 0.289. The minimum atomic E-state index is -1.17. The number of fused-ring (bicyclic) bond motifs is 5. The highest BCUT2D eigenvalue weighted by Crippen LogP contribution is 2.47. The van der Waals surface area contributed by atoms with E-state index in [2.05, 4.69) is 24.8 Å². The van der Waals surface area contributed by atoms with E-state index >= 15 is 8.78 Å². The van der Waals surface area contributed by atoms with Crippen LogP contribution in [0.15, 0.2) is 65.8 Å². The highest BCUT2D eigenvalue weighted by molar-refractivity contribution is 6.20. The second-order valence-electron chi connectivity index (χ2n) is 13.6. The number of likely N-dealkylation sites (tertiary alicyclic amines) is 1. The number of amides is 1. The fourth-order valence-electron chi connectivity index (χ4n) is 7.85. The second-order valence-corrected chi connectivity index (χ2v) is 13.8. The number of carbonyl (C=O) groups is 2. The van der Waals surface area contributed by atoms with Gasteiger partial charge in [0.1, 0.15) is 23.5 Å². The number of ether oxygens (including phenoxy) is 2. The third-order valence-corrected chi connectivity index (χ3v) is 10.4. The number of benzene rings is 2. The number of hydrogen-bond donors (Lipinski definition) is 1. The highest BCUT2D eigenvalue weighted by Gasteiger charge is 2.42. The van der Waals surface area contributed by atoms with Crippen LogP contribution in [0.25, 0.3) is 44.1 Å². The lowest BCUT2D eigenvalue weighted by atomic mass is 9.99. The molecule has 6 heterocycles. The van der Waals surface area contributed by atoms with Gasteiger partial charge in [-0.2, -0.15) is 0 Å². The van der Waals surface area contributed by atoms with E-state index in [1.165, 1.54) is 13.2 Å². The molecule has 12 nitrogen and oxygen atoms in total. The van der Waals surface area contributed by atoms with Crippen LogP contribution in [-0.2, 0) is 23.1 Å². The lowest BCUT2D eigenvalue weighted by Gasteiger charge is -2.29. The molecule has 0 bridgehead atoms. The second kappa shape index (κ2) is 13.4. The number of alkyl halides is 1. The zero-order valence-electron chi connectivity index (χ0n) is 29.0. The molecule has 8 rings (SSSR count). The summed E-state index contributed by atoms with van der Waals surface area (Å²) >= 11 is 5.63. The van der Waals surface area contributed by atoms with Gasteiger partial charge in [0.05, 0.1) is 33.1 Å². The molecule has 0 saturated carbocycles. The average Bonchev–Trinajstić information content (AvgIpc) is 3.85. The number of aromatic nitrogens is 4. The van der Waals surface area contributed by atoms with Crippen molar-refractivity contribution < 1.29 is 27.8 Å². The summed E-state index contributed by atoms with van der Waals surface area (Å²) in [6, 6.07) is 11.3. The Morgan fingerprint density at radius 3 is 2.62 bits per heavy atom. The van der Waals surface area contributed by atoms with E-state index < -0.39 is 35.2 Å². The van der Waals surface area contributed by atoms with Gasteiger partial charge < -0.3 is 28.8 Å². The maximum Gasteiger partial charge on any atom is 0.415 e. The third-order valence-electron chi connectivity index (χ3n) is 10.3. The van der Waals surface area contributed by atoms with Crippen molar-refractivity contribution in [3.05, 3.63) is 94.0 Å². The number of esters is 1. The monoisotopic (exact) mass is 741 g/mol. The Kier molecular flexibility index (Phi) is 8.74. The van der Waals surface area contributed by atoms with Crippen LogP contribution in [0.2, 0.25) is 0 Å². The predicted octanol–water partition coefficient (Wildman–Crippen LogP) is 6.17. The van der Waals surface area contributed by atoms with Crippen LogP contribution >= 0.6 is 11.6 Å². The fourth-order valence-corrected chi connectivity index (χ4v) is 7.94. The van der Waals surface area contributed by atoms with Gasteiger partial charge >= 0.3 is 12.1 Å². The molecule has 0 spiro atoms. The number of H-pyrrole nitrogens is 1. The van der Waals surface area contributed by atoms with Gasteiger partial charge in [-0.15, -0.1) is 0 Å². The summed E-state index contributed by atoms with van der Waals surface area (Å²) in [6.45, 7) is 2.26. The number of aromatic amines is 1. The molecule has 2 aromatic carbocycles. The molecule has 4 aromatic heterocycles. The van der Waals surface area contributed by atoms with Crippen molar-refractivity contribution in [2.45, 2.75) is 19.1 Å². The van der Waals surface area contributed by atoms with Crippen molar-refractivity contribution in [3.8, 4) is 11.1 Å². The number of nitrogens with zero attached hydrogens (tertiary/aromatic N) is 6. The van der Waals surface area contributed by atoms with E-state index in [1.807, 2.05) is 37.4 Å². The number of rotatable bonds is 7. The Bertz CT molecular complexity index is 2510. The summed E-state index contributed by atoms with van der Waals surface area (Å²) in [4.78, 5) is 57.8. The smallest absolute Gasteiger partial charge is 0.415 e. The number of anilines is 2. The molecule has 2 fully saturated rings. The molecular formula is C38H34ClF2N7O5. The zero-order valence-corrected chi connectivity index (χ0v) is 29.8.